The van der Waals surface area contributed by atoms with E-state index in [4.69, 9.17) is 0 Å². The fourth-order valence-corrected chi connectivity index (χ4v) is 3.94. The maximum absolute atomic E-state index is 13.2. The van der Waals surface area contributed by atoms with Crippen LogP contribution in [-0.2, 0) is 11.3 Å². The van der Waals surface area contributed by atoms with Crippen molar-refractivity contribution in [3.63, 3.8) is 0 Å². The van der Waals surface area contributed by atoms with Crippen molar-refractivity contribution in [2.24, 2.45) is 4.99 Å². The molecule has 2 atom stereocenters. The van der Waals surface area contributed by atoms with Crippen LogP contribution in [0, 0.1) is 0 Å². The van der Waals surface area contributed by atoms with Crippen LogP contribution in [0.25, 0.3) is 0 Å². The number of imide groups is 1. The third-order valence-electron chi connectivity index (χ3n) is 5.07. The van der Waals surface area contributed by atoms with Gasteiger partial charge in [0.25, 0.3) is 5.91 Å². The second-order valence-corrected chi connectivity index (χ2v) is 7.72. The monoisotopic (exact) mass is 429 g/mol. The van der Waals surface area contributed by atoms with Crippen molar-refractivity contribution in [2.45, 2.75) is 25.7 Å². The molecule has 8 heteroatoms. The van der Waals surface area contributed by atoms with Gasteiger partial charge in [0.15, 0.2) is 12.2 Å². The van der Waals surface area contributed by atoms with Crippen molar-refractivity contribution in [1.82, 2.24) is 19.6 Å². The van der Waals surface area contributed by atoms with Crippen molar-refractivity contribution >= 4 is 33.8 Å². The fourth-order valence-electron chi connectivity index (χ4n) is 3.67. The van der Waals surface area contributed by atoms with Crippen molar-refractivity contribution < 1.29 is 9.59 Å². The van der Waals surface area contributed by atoms with Gasteiger partial charge in [-0.25, -0.2) is 9.79 Å². The summed E-state index contributed by atoms with van der Waals surface area (Å²) in [6.45, 7) is 6.60. The predicted octanol–water partition coefficient (Wildman–Crippen LogP) is 2.57. The van der Waals surface area contributed by atoms with Crippen molar-refractivity contribution in [3.05, 3.63) is 58.9 Å². The molecule has 3 amide bonds. The number of urea groups is 1. The summed E-state index contributed by atoms with van der Waals surface area (Å²) < 4.78 is 0.952. The van der Waals surface area contributed by atoms with E-state index >= 15 is 0 Å². The summed E-state index contributed by atoms with van der Waals surface area (Å²) in [6.07, 6.45) is 3.20. The molecule has 27 heavy (non-hydrogen) atoms. The number of carbonyl (C=O) groups excluding carboxylic acids is 2. The molecule has 0 aliphatic carbocycles. The number of carbonyl (C=O) groups is 2. The highest BCUT2D eigenvalue weighted by Crippen LogP contribution is 2.34. The summed E-state index contributed by atoms with van der Waals surface area (Å²) in [6, 6.07) is 6.74. The predicted molar refractivity (Wildman–Crippen MR) is 105 cm³/mol. The zero-order valence-electron chi connectivity index (χ0n) is 15.2. The average Bonchev–Trinajstić information content (AvgIpc) is 3.15. The SMILES string of the molecule is C=CCN1C(C)=CN2C1=NC1C2C(=O)N(Cc2ccc(Br)cc2)C(=O)N1C. The van der Waals surface area contributed by atoms with Crippen LogP contribution >= 0.6 is 15.9 Å². The van der Waals surface area contributed by atoms with Crippen LogP contribution in [0.5, 0.6) is 0 Å². The molecule has 0 bridgehead atoms. The van der Waals surface area contributed by atoms with Crippen LogP contribution in [0.1, 0.15) is 12.5 Å². The van der Waals surface area contributed by atoms with E-state index in [0.29, 0.717) is 12.5 Å². The maximum atomic E-state index is 13.2. The molecule has 1 aromatic rings. The Morgan fingerprint density at radius 1 is 1.22 bits per heavy atom. The first-order valence-electron chi connectivity index (χ1n) is 8.68. The molecule has 3 heterocycles. The molecule has 3 aliphatic heterocycles. The number of hydrogen-bond donors (Lipinski definition) is 0. The topological polar surface area (TPSA) is 59.5 Å². The van der Waals surface area contributed by atoms with E-state index in [1.807, 2.05) is 47.2 Å². The van der Waals surface area contributed by atoms with Gasteiger partial charge in [0.2, 0.25) is 5.96 Å². The minimum absolute atomic E-state index is 0.228. The second-order valence-electron chi connectivity index (χ2n) is 6.81. The van der Waals surface area contributed by atoms with Gasteiger partial charge in [0.1, 0.15) is 0 Å². The summed E-state index contributed by atoms with van der Waals surface area (Å²) in [5.41, 5.74) is 1.89. The highest BCUT2D eigenvalue weighted by molar-refractivity contribution is 9.10. The Bertz CT molecular complexity index is 879. The van der Waals surface area contributed by atoms with Gasteiger partial charge in [-0.3, -0.25) is 9.69 Å². The number of fused-ring (bicyclic) bond motifs is 3. The molecule has 1 fully saturated rings. The van der Waals surface area contributed by atoms with Gasteiger partial charge in [-0.05, 0) is 24.6 Å². The van der Waals surface area contributed by atoms with Gasteiger partial charge < -0.3 is 14.7 Å². The largest absolute Gasteiger partial charge is 0.328 e. The molecule has 3 aliphatic rings. The first-order valence-corrected chi connectivity index (χ1v) is 9.47. The van der Waals surface area contributed by atoms with E-state index < -0.39 is 12.2 Å². The molecule has 1 saturated heterocycles. The van der Waals surface area contributed by atoms with E-state index in [0.717, 1.165) is 15.7 Å². The quantitative estimate of drug-likeness (QED) is 0.690. The second kappa shape index (κ2) is 6.53. The Hall–Kier alpha value is -2.61. The van der Waals surface area contributed by atoms with Crippen LogP contribution in [-0.4, -0.2) is 63.3 Å². The number of benzene rings is 1. The van der Waals surface area contributed by atoms with Crippen molar-refractivity contribution in [3.8, 4) is 0 Å². The Balaban J connectivity index is 1.64. The lowest BCUT2D eigenvalue weighted by atomic mass is 10.1. The lowest BCUT2D eigenvalue weighted by molar-refractivity contribution is -0.137. The molecule has 0 radical (unpaired) electrons. The Labute approximate surface area is 166 Å². The Morgan fingerprint density at radius 3 is 2.59 bits per heavy atom. The first kappa shape index (κ1) is 17.8. The fraction of sp³-hybridized carbons (Fsp3) is 0.316. The van der Waals surface area contributed by atoms with E-state index in [1.165, 1.54) is 4.90 Å². The lowest BCUT2D eigenvalue weighted by Crippen LogP contribution is -2.63. The zero-order valence-corrected chi connectivity index (χ0v) is 16.8. The molecule has 7 nitrogen and oxygen atoms in total. The van der Waals surface area contributed by atoms with Crippen molar-refractivity contribution in [2.75, 3.05) is 13.6 Å². The minimum Gasteiger partial charge on any atom is -0.311 e. The molecular weight excluding hydrogens is 410 g/mol. The third-order valence-corrected chi connectivity index (χ3v) is 5.60. The van der Waals surface area contributed by atoms with E-state index in [1.54, 1.807) is 18.0 Å². The number of nitrogens with zero attached hydrogens (tertiary/aromatic N) is 5. The van der Waals surface area contributed by atoms with Gasteiger partial charge >= 0.3 is 6.03 Å². The normalized spacial score (nSPS) is 24.1. The number of amides is 3. The first-order chi connectivity index (χ1) is 12.9. The third kappa shape index (κ3) is 2.75. The lowest BCUT2D eigenvalue weighted by Gasteiger charge is -2.40. The number of likely N-dealkylation sites (N-methyl/N-ethyl adjacent to an activating group) is 1. The van der Waals surface area contributed by atoms with Crippen LogP contribution in [0.2, 0.25) is 0 Å². The highest BCUT2D eigenvalue weighted by Gasteiger charge is 2.54. The van der Waals surface area contributed by atoms with E-state index in [9.17, 15) is 9.59 Å². The van der Waals surface area contributed by atoms with Gasteiger partial charge in [0, 0.05) is 30.0 Å². The van der Waals surface area contributed by atoms with Gasteiger partial charge in [-0.2, -0.15) is 0 Å². The summed E-state index contributed by atoms with van der Waals surface area (Å²) in [7, 11) is 1.70. The summed E-state index contributed by atoms with van der Waals surface area (Å²) in [5.74, 6) is 0.468. The summed E-state index contributed by atoms with van der Waals surface area (Å²) >= 11 is 3.40. The van der Waals surface area contributed by atoms with Crippen LogP contribution in [0.3, 0.4) is 0 Å². The molecule has 4 rings (SSSR count). The molecule has 0 aromatic heterocycles. The Morgan fingerprint density at radius 2 is 1.93 bits per heavy atom. The standard InChI is InChI=1S/C19H20BrN5O2/c1-4-9-23-12(2)10-24-15-16(21-18(23)24)22(3)19(27)25(17(15)26)11-13-5-7-14(20)8-6-13/h4-8,10,15-16H,1,9,11H2,2-3H3. The number of allylic oxidation sites excluding steroid dienone is 1. The number of guanidine groups is 1. The van der Waals surface area contributed by atoms with E-state index in [-0.39, 0.29) is 18.5 Å². The van der Waals surface area contributed by atoms with Crippen LogP contribution in [0.15, 0.2) is 58.3 Å². The summed E-state index contributed by atoms with van der Waals surface area (Å²) in [5, 5.41) is 0. The molecule has 0 spiro atoms. The molecule has 0 N–H and O–H groups in total. The maximum Gasteiger partial charge on any atom is 0.328 e. The Kier molecular flexibility index (Phi) is 4.30. The number of aliphatic imine (C=N–C) groups is 1. The minimum atomic E-state index is -0.539. The average molecular weight is 430 g/mol. The molecule has 0 saturated carbocycles. The number of rotatable bonds is 4. The van der Waals surface area contributed by atoms with Gasteiger partial charge in [0.05, 0.1) is 6.54 Å². The molecule has 140 valence electrons. The zero-order chi connectivity index (χ0) is 19.3. The number of halogens is 1. The van der Waals surface area contributed by atoms with Crippen LogP contribution < -0.4 is 0 Å². The van der Waals surface area contributed by atoms with Crippen LogP contribution in [0.4, 0.5) is 4.79 Å². The summed E-state index contributed by atoms with van der Waals surface area (Å²) in [4.78, 5) is 37.5. The molecule has 2 unspecified atom stereocenters. The number of hydrogen-bond acceptors (Lipinski definition) is 5. The highest BCUT2D eigenvalue weighted by atomic mass is 79.9. The van der Waals surface area contributed by atoms with E-state index in [2.05, 4.69) is 27.5 Å². The van der Waals surface area contributed by atoms with Crippen molar-refractivity contribution in [1.29, 1.82) is 0 Å². The van der Waals surface area contributed by atoms with Gasteiger partial charge in [-0.15, -0.1) is 6.58 Å². The molecule has 1 aromatic carbocycles. The smallest absolute Gasteiger partial charge is 0.311 e. The van der Waals surface area contributed by atoms with Gasteiger partial charge in [-0.1, -0.05) is 34.1 Å². The molecular formula is C19H20BrN5O2.